The fraction of sp³-hybridized carbons (Fsp3) is 0.385. The number of hydrogen-bond donors (Lipinski definition) is 2. The summed E-state index contributed by atoms with van der Waals surface area (Å²) in [7, 11) is 0. The molecule has 1 amide bonds. The molecular weight excluding hydrogens is 234 g/mol. The number of nitrogens with one attached hydrogen (secondary N) is 1. The highest BCUT2D eigenvalue weighted by Gasteiger charge is 2.08. The van der Waals surface area contributed by atoms with Crippen LogP contribution in [0.1, 0.15) is 24.9 Å². The van der Waals surface area contributed by atoms with E-state index >= 15 is 0 Å². The predicted molar refractivity (Wildman–Crippen MR) is 66.9 cm³/mol. The van der Waals surface area contributed by atoms with E-state index in [1.165, 1.54) is 6.08 Å². The van der Waals surface area contributed by atoms with Crippen molar-refractivity contribution in [3.63, 3.8) is 0 Å². The molecule has 0 saturated carbocycles. The Labute approximate surface area is 105 Å². The van der Waals surface area contributed by atoms with Crippen molar-refractivity contribution in [1.82, 2.24) is 5.32 Å². The summed E-state index contributed by atoms with van der Waals surface area (Å²) in [5.74, 6) is 0.178. The van der Waals surface area contributed by atoms with Gasteiger partial charge in [0.05, 0.1) is 0 Å². The third-order valence-electron chi connectivity index (χ3n) is 2.31. The molecule has 1 rings (SSSR count). The number of amides is 1. The SMILES string of the molecule is Cc1ccc(/C=C/C(=O)NCC(C)CC(=O)O)o1. The molecule has 1 aromatic rings. The minimum Gasteiger partial charge on any atom is -0.481 e. The van der Waals surface area contributed by atoms with Crippen molar-refractivity contribution in [1.29, 1.82) is 0 Å². The number of carboxylic acids is 1. The van der Waals surface area contributed by atoms with Crippen LogP contribution in [0.4, 0.5) is 0 Å². The highest BCUT2D eigenvalue weighted by Crippen LogP contribution is 2.07. The first-order chi connectivity index (χ1) is 8.47. The van der Waals surface area contributed by atoms with E-state index in [1.54, 1.807) is 19.1 Å². The van der Waals surface area contributed by atoms with E-state index in [0.717, 1.165) is 5.76 Å². The summed E-state index contributed by atoms with van der Waals surface area (Å²) in [4.78, 5) is 21.9. The van der Waals surface area contributed by atoms with Crippen LogP contribution in [0.25, 0.3) is 6.08 Å². The molecule has 0 saturated heterocycles. The second-order valence-corrected chi connectivity index (χ2v) is 4.23. The highest BCUT2D eigenvalue weighted by atomic mass is 16.4. The summed E-state index contributed by atoms with van der Waals surface area (Å²) in [6.45, 7) is 3.94. The molecule has 1 heterocycles. The van der Waals surface area contributed by atoms with Crippen LogP contribution in [0.2, 0.25) is 0 Å². The maximum absolute atomic E-state index is 11.4. The molecule has 18 heavy (non-hydrogen) atoms. The van der Waals surface area contributed by atoms with Gasteiger partial charge in [-0.1, -0.05) is 6.92 Å². The largest absolute Gasteiger partial charge is 0.481 e. The van der Waals surface area contributed by atoms with Gasteiger partial charge in [0.2, 0.25) is 5.91 Å². The number of hydrogen-bond acceptors (Lipinski definition) is 3. The lowest BCUT2D eigenvalue weighted by Gasteiger charge is -2.08. The predicted octanol–water partition coefficient (Wildman–Crippen LogP) is 1.83. The van der Waals surface area contributed by atoms with Crippen molar-refractivity contribution < 1.29 is 19.1 Å². The van der Waals surface area contributed by atoms with E-state index in [0.29, 0.717) is 12.3 Å². The lowest BCUT2D eigenvalue weighted by Crippen LogP contribution is -2.27. The summed E-state index contributed by atoms with van der Waals surface area (Å²) in [6.07, 6.45) is 2.98. The summed E-state index contributed by atoms with van der Waals surface area (Å²) >= 11 is 0. The van der Waals surface area contributed by atoms with Crippen molar-refractivity contribution in [3.05, 3.63) is 29.7 Å². The number of carboxylic acid groups (broad SMARTS) is 1. The first-order valence-electron chi connectivity index (χ1n) is 5.71. The van der Waals surface area contributed by atoms with E-state index in [2.05, 4.69) is 5.32 Å². The molecular formula is C13H17NO4. The first kappa shape index (κ1) is 14.0. The van der Waals surface area contributed by atoms with Crippen molar-refractivity contribution in [2.45, 2.75) is 20.3 Å². The molecule has 0 aromatic carbocycles. The van der Waals surface area contributed by atoms with E-state index in [4.69, 9.17) is 9.52 Å². The lowest BCUT2D eigenvalue weighted by molar-refractivity contribution is -0.138. The Morgan fingerprint density at radius 3 is 2.78 bits per heavy atom. The maximum atomic E-state index is 11.4. The smallest absolute Gasteiger partial charge is 0.303 e. The molecule has 98 valence electrons. The third-order valence-corrected chi connectivity index (χ3v) is 2.31. The average Bonchev–Trinajstić information content (AvgIpc) is 2.69. The van der Waals surface area contributed by atoms with E-state index in [9.17, 15) is 9.59 Å². The van der Waals surface area contributed by atoms with Gasteiger partial charge in [-0.15, -0.1) is 0 Å². The second-order valence-electron chi connectivity index (χ2n) is 4.23. The molecule has 1 unspecified atom stereocenters. The second kappa shape index (κ2) is 6.64. The number of carbonyl (C=O) groups excluding carboxylic acids is 1. The third kappa shape index (κ3) is 5.34. The van der Waals surface area contributed by atoms with Gasteiger partial charge in [0.1, 0.15) is 11.5 Å². The Balaban J connectivity index is 2.33. The molecule has 0 bridgehead atoms. The lowest BCUT2D eigenvalue weighted by atomic mass is 10.1. The number of aryl methyl sites for hydroxylation is 1. The molecule has 0 aliphatic heterocycles. The summed E-state index contributed by atoms with van der Waals surface area (Å²) in [5, 5.41) is 11.2. The van der Waals surface area contributed by atoms with Gasteiger partial charge in [-0.2, -0.15) is 0 Å². The quantitative estimate of drug-likeness (QED) is 0.756. The topological polar surface area (TPSA) is 79.5 Å². The molecule has 5 nitrogen and oxygen atoms in total. The van der Waals surface area contributed by atoms with Crippen LogP contribution in [0.15, 0.2) is 22.6 Å². The van der Waals surface area contributed by atoms with Crippen LogP contribution in [0, 0.1) is 12.8 Å². The molecule has 1 aromatic heterocycles. The standard InChI is InChI=1S/C13H17NO4/c1-9(7-13(16)17)8-14-12(15)6-5-11-4-3-10(2)18-11/h3-6,9H,7-8H2,1-2H3,(H,14,15)(H,16,17)/b6-5+. The fourth-order valence-electron chi connectivity index (χ4n) is 1.40. The van der Waals surface area contributed by atoms with Crippen LogP contribution in [-0.4, -0.2) is 23.5 Å². The van der Waals surface area contributed by atoms with Gasteiger partial charge in [-0.05, 0) is 31.1 Å². The number of rotatable bonds is 6. The van der Waals surface area contributed by atoms with Gasteiger partial charge in [0, 0.05) is 19.0 Å². The Bertz CT molecular complexity index is 448. The zero-order valence-corrected chi connectivity index (χ0v) is 10.5. The number of aliphatic carboxylic acids is 1. The van der Waals surface area contributed by atoms with Crippen molar-refractivity contribution in [2.24, 2.45) is 5.92 Å². The van der Waals surface area contributed by atoms with Crippen LogP contribution in [0.5, 0.6) is 0 Å². The van der Waals surface area contributed by atoms with E-state index < -0.39 is 5.97 Å². The van der Waals surface area contributed by atoms with Crippen LogP contribution >= 0.6 is 0 Å². The van der Waals surface area contributed by atoms with E-state index in [-0.39, 0.29) is 18.2 Å². The van der Waals surface area contributed by atoms with Gasteiger partial charge in [-0.25, -0.2) is 0 Å². The van der Waals surface area contributed by atoms with Crippen molar-refractivity contribution in [3.8, 4) is 0 Å². The molecule has 2 N–H and O–H groups in total. The minimum absolute atomic E-state index is 0.0430. The Morgan fingerprint density at radius 2 is 2.22 bits per heavy atom. The molecule has 0 radical (unpaired) electrons. The Morgan fingerprint density at radius 1 is 1.50 bits per heavy atom. The maximum Gasteiger partial charge on any atom is 0.303 e. The molecule has 0 aliphatic carbocycles. The molecule has 0 aliphatic rings. The van der Waals surface area contributed by atoms with E-state index in [1.807, 2.05) is 13.0 Å². The normalized spacial score (nSPS) is 12.6. The van der Waals surface area contributed by atoms with Crippen LogP contribution in [0.3, 0.4) is 0 Å². The van der Waals surface area contributed by atoms with Gasteiger partial charge >= 0.3 is 5.97 Å². The summed E-state index contributed by atoms with van der Waals surface area (Å²) in [6, 6.07) is 3.58. The monoisotopic (exact) mass is 251 g/mol. The first-order valence-corrected chi connectivity index (χ1v) is 5.71. The Kier molecular flexibility index (Phi) is 5.17. The average molecular weight is 251 g/mol. The Hall–Kier alpha value is -2.04. The molecule has 0 spiro atoms. The minimum atomic E-state index is -0.863. The van der Waals surface area contributed by atoms with Crippen molar-refractivity contribution in [2.75, 3.05) is 6.54 Å². The number of carbonyl (C=O) groups is 2. The summed E-state index contributed by atoms with van der Waals surface area (Å²) < 4.78 is 5.27. The highest BCUT2D eigenvalue weighted by molar-refractivity contribution is 5.91. The molecule has 1 atom stereocenters. The van der Waals surface area contributed by atoms with Gasteiger partial charge in [0.25, 0.3) is 0 Å². The number of furan rings is 1. The zero-order valence-electron chi connectivity index (χ0n) is 10.5. The summed E-state index contributed by atoms with van der Waals surface area (Å²) in [5.41, 5.74) is 0. The van der Waals surface area contributed by atoms with Gasteiger partial charge in [-0.3, -0.25) is 9.59 Å². The zero-order chi connectivity index (χ0) is 13.5. The van der Waals surface area contributed by atoms with Crippen molar-refractivity contribution >= 4 is 18.0 Å². The fourth-order valence-corrected chi connectivity index (χ4v) is 1.40. The van der Waals surface area contributed by atoms with Crippen LogP contribution in [-0.2, 0) is 9.59 Å². The molecule has 5 heteroatoms. The van der Waals surface area contributed by atoms with Crippen LogP contribution < -0.4 is 5.32 Å². The molecule has 0 fully saturated rings. The van der Waals surface area contributed by atoms with Gasteiger partial charge < -0.3 is 14.8 Å². The van der Waals surface area contributed by atoms with Gasteiger partial charge in [0.15, 0.2) is 0 Å².